The molecule has 2 rings (SSSR count). The molecule has 0 aliphatic rings. The van der Waals surface area contributed by atoms with E-state index < -0.39 is 5.97 Å². The van der Waals surface area contributed by atoms with Gasteiger partial charge in [-0.3, -0.25) is 0 Å². The summed E-state index contributed by atoms with van der Waals surface area (Å²) in [5.41, 5.74) is 2.12. The first-order valence-electron chi connectivity index (χ1n) is 5.33. The zero-order valence-corrected chi connectivity index (χ0v) is 9.32. The number of carboxylic acid groups (broad SMARTS) is 1. The van der Waals surface area contributed by atoms with Crippen LogP contribution in [0, 0.1) is 0 Å². The van der Waals surface area contributed by atoms with E-state index in [-0.39, 0.29) is 5.56 Å². The number of hydrogen-bond acceptors (Lipinski definition) is 2. The minimum absolute atomic E-state index is 0.233. The van der Waals surface area contributed by atoms with Crippen molar-refractivity contribution in [1.82, 2.24) is 9.97 Å². The Bertz CT molecular complexity index is 531. The van der Waals surface area contributed by atoms with Gasteiger partial charge in [0, 0.05) is 17.8 Å². The van der Waals surface area contributed by atoms with Gasteiger partial charge in [-0.05, 0) is 24.0 Å². The number of nitrogens with zero attached hydrogens (tertiary/aromatic N) is 1. The largest absolute Gasteiger partial charge is 0.478 e. The van der Waals surface area contributed by atoms with E-state index in [9.17, 15) is 4.79 Å². The second-order valence-corrected chi connectivity index (χ2v) is 3.98. The summed E-state index contributed by atoms with van der Waals surface area (Å²) < 4.78 is 0. The number of aromatic nitrogens is 2. The van der Waals surface area contributed by atoms with Gasteiger partial charge in [0.15, 0.2) is 0 Å². The smallest absolute Gasteiger partial charge is 0.337 e. The molecule has 2 aromatic heterocycles. The first-order chi connectivity index (χ1) is 7.63. The fourth-order valence-electron chi connectivity index (χ4n) is 1.77. The summed E-state index contributed by atoms with van der Waals surface area (Å²) in [4.78, 5) is 18.0. The number of fused-ring (bicyclic) bond motifs is 1. The lowest BCUT2D eigenvalue weighted by Crippen LogP contribution is -1.97. The molecule has 0 saturated heterocycles. The van der Waals surface area contributed by atoms with Crippen LogP contribution < -0.4 is 0 Å². The fraction of sp³-hybridized carbons (Fsp3) is 0.333. The Hall–Kier alpha value is -1.84. The van der Waals surface area contributed by atoms with Crippen molar-refractivity contribution in [3.05, 3.63) is 29.6 Å². The number of pyridine rings is 1. The Morgan fingerprint density at radius 3 is 3.00 bits per heavy atom. The zero-order valence-electron chi connectivity index (χ0n) is 9.32. The SMILES string of the molecule is CCC(C)c1c[nH]c2ncc(C(=O)O)cc12. The maximum absolute atomic E-state index is 10.9. The molecule has 1 atom stereocenters. The minimum atomic E-state index is -0.939. The quantitative estimate of drug-likeness (QED) is 0.832. The van der Waals surface area contributed by atoms with Crippen molar-refractivity contribution in [2.45, 2.75) is 26.2 Å². The number of carboxylic acids is 1. The van der Waals surface area contributed by atoms with Crippen LogP contribution in [-0.4, -0.2) is 21.0 Å². The Labute approximate surface area is 93.3 Å². The maximum Gasteiger partial charge on any atom is 0.337 e. The lowest BCUT2D eigenvalue weighted by Gasteiger charge is -2.06. The van der Waals surface area contributed by atoms with Crippen molar-refractivity contribution < 1.29 is 9.90 Å². The number of hydrogen-bond donors (Lipinski definition) is 2. The molecule has 2 heterocycles. The predicted octanol–water partition coefficient (Wildman–Crippen LogP) is 2.77. The maximum atomic E-state index is 10.9. The van der Waals surface area contributed by atoms with Gasteiger partial charge in [0.1, 0.15) is 5.65 Å². The summed E-state index contributed by atoms with van der Waals surface area (Å²) in [6.45, 7) is 4.23. The molecule has 0 amide bonds. The van der Waals surface area contributed by atoms with Crippen molar-refractivity contribution in [3.63, 3.8) is 0 Å². The van der Waals surface area contributed by atoms with Gasteiger partial charge in [-0.15, -0.1) is 0 Å². The second-order valence-electron chi connectivity index (χ2n) is 3.98. The van der Waals surface area contributed by atoms with Crippen molar-refractivity contribution in [1.29, 1.82) is 0 Å². The van der Waals surface area contributed by atoms with Crippen LogP contribution in [0.1, 0.15) is 42.1 Å². The van der Waals surface area contributed by atoms with E-state index in [0.29, 0.717) is 5.92 Å². The number of rotatable bonds is 3. The fourth-order valence-corrected chi connectivity index (χ4v) is 1.77. The molecule has 84 valence electrons. The molecule has 0 saturated carbocycles. The summed E-state index contributed by atoms with van der Waals surface area (Å²) >= 11 is 0. The lowest BCUT2D eigenvalue weighted by molar-refractivity contribution is 0.0696. The first kappa shape index (κ1) is 10.7. The molecule has 4 heteroatoms. The molecule has 4 nitrogen and oxygen atoms in total. The molecular weight excluding hydrogens is 204 g/mol. The summed E-state index contributed by atoms with van der Waals surface area (Å²) in [5.74, 6) is -0.537. The van der Waals surface area contributed by atoms with Gasteiger partial charge in [0.05, 0.1) is 5.56 Å². The van der Waals surface area contributed by atoms with Gasteiger partial charge in [0.2, 0.25) is 0 Å². The average Bonchev–Trinajstić information content (AvgIpc) is 2.70. The number of aromatic carboxylic acids is 1. The Kier molecular flexibility index (Phi) is 2.64. The standard InChI is InChI=1S/C12H14N2O2/c1-3-7(2)10-6-14-11-9(10)4-8(5-13-11)12(15)16/h4-7H,3H2,1-2H3,(H,13,14)(H,15,16). The third-order valence-electron chi connectivity index (χ3n) is 2.95. The van der Waals surface area contributed by atoms with Gasteiger partial charge < -0.3 is 10.1 Å². The van der Waals surface area contributed by atoms with Crippen LogP contribution in [0.25, 0.3) is 11.0 Å². The van der Waals surface area contributed by atoms with Gasteiger partial charge in [-0.1, -0.05) is 13.8 Å². The van der Waals surface area contributed by atoms with Gasteiger partial charge in [0.25, 0.3) is 0 Å². The van der Waals surface area contributed by atoms with E-state index in [0.717, 1.165) is 23.0 Å². The molecule has 0 fully saturated rings. The van der Waals surface area contributed by atoms with E-state index >= 15 is 0 Å². The second kappa shape index (κ2) is 3.96. The molecule has 1 unspecified atom stereocenters. The van der Waals surface area contributed by atoms with Crippen molar-refractivity contribution >= 4 is 17.0 Å². The summed E-state index contributed by atoms with van der Waals surface area (Å²) in [5, 5.41) is 9.83. The van der Waals surface area contributed by atoms with Crippen molar-refractivity contribution in [2.75, 3.05) is 0 Å². The van der Waals surface area contributed by atoms with Crippen LogP contribution in [0.5, 0.6) is 0 Å². The van der Waals surface area contributed by atoms with E-state index in [1.54, 1.807) is 6.07 Å². The molecule has 0 spiro atoms. The van der Waals surface area contributed by atoms with E-state index in [2.05, 4.69) is 23.8 Å². The zero-order chi connectivity index (χ0) is 11.7. The Balaban J connectivity index is 2.60. The highest BCUT2D eigenvalue weighted by Gasteiger charge is 2.12. The average molecular weight is 218 g/mol. The Morgan fingerprint density at radius 1 is 1.62 bits per heavy atom. The van der Waals surface area contributed by atoms with Crippen LogP contribution in [0.4, 0.5) is 0 Å². The lowest BCUT2D eigenvalue weighted by atomic mass is 9.98. The third kappa shape index (κ3) is 1.66. The molecule has 2 aromatic rings. The number of aromatic amines is 1. The van der Waals surface area contributed by atoms with Crippen LogP contribution in [0.15, 0.2) is 18.5 Å². The van der Waals surface area contributed by atoms with Gasteiger partial charge in [-0.25, -0.2) is 9.78 Å². The molecule has 2 N–H and O–H groups in total. The first-order valence-corrected chi connectivity index (χ1v) is 5.33. The van der Waals surface area contributed by atoms with Gasteiger partial charge >= 0.3 is 5.97 Å². The molecular formula is C12H14N2O2. The van der Waals surface area contributed by atoms with Crippen LogP contribution in [-0.2, 0) is 0 Å². The van der Waals surface area contributed by atoms with Crippen LogP contribution >= 0.6 is 0 Å². The van der Waals surface area contributed by atoms with Crippen LogP contribution in [0.3, 0.4) is 0 Å². The topological polar surface area (TPSA) is 66.0 Å². The molecule has 0 aromatic carbocycles. The molecule has 0 aliphatic carbocycles. The number of H-pyrrole nitrogens is 1. The highest BCUT2D eigenvalue weighted by Crippen LogP contribution is 2.26. The highest BCUT2D eigenvalue weighted by atomic mass is 16.4. The monoisotopic (exact) mass is 218 g/mol. The van der Waals surface area contributed by atoms with Crippen molar-refractivity contribution in [3.8, 4) is 0 Å². The minimum Gasteiger partial charge on any atom is -0.478 e. The highest BCUT2D eigenvalue weighted by molar-refractivity contribution is 5.92. The number of nitrogens with one attached hydrogen (secondary N) is 1. The molecule has 0 bridgehead atoms. The normalized spacial score (nSPS) is 12.9. The van der Waals surface area contributed by atoms with E-state index in [4.69, 9.17) is 5.11 Å². The third-order valence-corrected chi connectivity index (χ3v) is 2.95. The summed E-state index contributed by atoms with van der Waals surface area (Å²) in [6.07, 6.45) is 4.31. The predicted molar refractivity (Wildman–Crippen MR) is 61.8 cm³/mol. The summed E-state index contributed by atoms with van der Waals surface area (Å²) in [7, 11) is 0. The van der Waals surface area contributed by atoms with E-state index in [1.807, 2.05) is 6.20 Å². The Morgan fingerprint density at radius 2 is 2.38 bits per heavy atom. The van der Waals surface area contributed by atoms with Gasteiger partial charge in [-0.2, -0.15) is 0 Å². The van der Waals surface area contributed by atoms with Crippen LogP contribution in [0.2, 0.25) is 0 Å². The molecule has 0 radical (unpaired) electrons. The summed E-state index contributed by atoms with van der Waals surface area (Å²) in [6, 6.07) is 1.68. The molecule has 16 heavy (non-hydrogen) atoms. The van der Waals surface area contributed by atoms with Crippen molar-refractivity contribution in [2.24, 2.45) is 0 Å². The number of carbonyl (C=O) groups is 1. The molecule has 0 aliphatic heterocycles. The van der Waals surface area contributed by atoms with E-state index in [1.165, 1.54) is 6.20 Å².